The van der Waals surface area contributed by atoms with Gasteiger partial charge in [-0.25, -0.2) is 0 Å². The summed E-state index contributed by atoms with van der Waals surface area (Å²) >= 11 is 0. The summed E-state index contributed by atoms with van der Waals surface area (Å²) in [5, 5.41) is 0. The monoisotopic (exact) mass is 212 g/mol. The fourth-order valence-electron chi connectivity index (χ4n) is 3.01. The van der Waals surface area contributed by atoms with Crippen LogP contribution in [0.4, 0.5) is 0 Å². The molecule has 0 bridgehead atoms. The molecule has 15 heavy (non-hydrogen) atoms. The molecule has 0 aromatic rings. The Labute approximate surface area is 92.6 Å². The molecule has 4 heteroatoms. The van der Waals surface area contributed by atoms with Crippen molar-refractivity contribution < 1.29 is 14.0 Å². The van der Waals surface area contributed by atoms with Gasteiger partial charge >= 0.3 is 7.12 Å². The van der Waals surface area contributed by atoms with Gasteiger partial charge in [-0.3, -0.25) is 0 Å². The maximum atomic E-state index is 6.04. The molecule has 0 saturated carbocycles. The third kappa shape index (κ3) is 2.74. The van der Waals surface area contributed by atoms with E-state index in [-0.39, 0.29) is 18.3 Å². The summed E-state index contributed by atoms with van der Waals surface area (Å²) in [6.07, 6.45) is 2.03. The lowest BCUT2D eigenvalue weighted by Gasteiger charge is -2.45. The summed E-state index contributed by atoms with van der Waals surface area (Å²) in [5.74, 6) is 0.464. The summed E-state index contributed by atoms with van der Waals surface area (Å²) in [6.45, 7) is 10.1. The average molecular weight is 212 g/mol. The molecule has 2 rings (SSSR count). The van der Waals surface area contributed by atoms with Gasteiger partial charge in [-0.2, -0.15) is 0 Å². The van der Waals surface area contributed by atoms with Gasteiger partial charge in [0.1, 0.15) is 0 Å². The van der Waals surface area contributed by atoms with E-state index in [0.717, 1.165) is 26.1 Å². The Hall–Kier alpha value is -0.0551. The van der Waals surface area contributed by atoms with Crippen LogP contribution in [-0.4, -0.2) is 31.5 Å². The zero-order valence-corrected chi connectivity index (χ0v) is 10.2. The third-order valence-electron chi connectivity index (χ3n) is 3.09. The Bertz CT molecular complexity index is 218. The highest BCUT2D eigenvalue weighted by atomic mass is 16.6. The molecule has 0 amide bonds. The lowest BCUT2D eigenvalue weighted by Crippen LogP contribution is -2.47. The van der Waals surface area contributed by atoms with Crippen molar-refractivity contribution in [3.63, 3.8) is 0 Å². The van der Waals surface area contributed by atoms with Crippen LogP contribution in [0, 0.1) is 0 Å². The van der Waals surface area contributed by atoms with Crippen LogP contribution in [0.15, 0.2) is 0 Å². The highest BCUT2D eigenvalue weighted by Crippen LogP contribution is 2.43. The molecule has 2 aliphatic rings. The Kier molecular flexibility index (Phi) is 2.86. The molecule has 2 fully saturated rings. The van der Waals surface area contributed by atoms with E-state index in [2.05, 4.69) is 27.7 Å². The van der Waals surface area contributed by atoms with Gasteiger partial charge in [0.05, 0.1) is 24.4 Å². The Morgan fingerprint density at radius 1 is 0.933 bits per heavy atom. The SMILES string of the molecule is CC1(C)CC(B2OCCO2)CC(C)(C)O1. The summed E-state index contributed by atoms with van der Waals surface area (Å²) in [4.78, 5) is 0. The number of hydrogen-bond acceptors (Lipinski definition) is 3. The molecule has 2 heterocycles. The molecule has 0 unspecified atom stereocenters. The quantitative estimate of drug-likeness (QED) is 0.624. The van der Waals surface area contributed by atoms with E-state index in [1.54, 1.807) is 0 Å². The maximum absolute atomic E-state index is 6.04. The molecule has 0 atom stereocenters. The van der Waals surface area contributed by atoms with Crippen LogP contribution in [0.3, 0.4) is 0 Å². The van der Waals surface area contributed by atoms with Crippen LogP contribution in [0.2, 0.25) is 5.82 Å². The molecule has 0 radical (unpaired) electrons. The molecular weight excluding hydrogens is 191 g/mol. The molecule has 0 aromatic carbocycles. The van der Waals surface area contributed by atoms with Crippen LogP contribution in [-0.2, 0) is 14.0 Å². The summed E-state index contributed by atoms with van der Waals surface area (Å²) in [7, 11) is -0.00699. The number of ether oxygens (including phenoxy) is 1. The molecule has 2 aliphatic heterocycles. The number of rotatable bonds is 1. The first-order chi connectivity index (χ1) is 6.88. The van der Waals surface area contributed by atoms with E-state index < -0.39 is 0 Å². The lowest BCUT2D eigenvalue weighted by molar-refractivity contribution is -0.157. The van der Waals surface area contributed by atoms with E-state index in [9.17, 15) is 0 Å². The van der Waals surface area contributed by atoms with Gasteiger partial charge in [-0.05, 0) is 46.4 Å². The van der Waals surface area contributed by atoms with Crippen molar-refractivity contribution in [2.45, 2.75) is 57.6 Å². The van der Waals surface area contributed by atoms with Gasteiger partial charge in [0.15, 0.2) is 0 Å². The van der Waals surface area contributed by atoms with Crippen LogP contribution < -0.4 is 0 Å². The van der Waals surface area contributed by atoms with Crippen molar-refractivity contribution >= 4 is 7.12 Å². The average Bonchev–Trinajstić information content (AvgIpc) is 2.48. The normalized spacial score (nSPS) is 30.8. The van der Waals surface area contributed by atoms with Gasteiger partial charge < -0.3 is 14.0 Å². The molecular formula is C11H21BO3. The second kappa shape index (κ2) is 3.76. The largest absolute Gasteiger partial charge is 0.460 e. The van der Waals surface area contributed by atoms with Gasteiger partial charge in [-0.15, -0.1) is 0 Å². The molecule has 0 N–H and O–H groups in total. The molecule has 0 spiro atoms. The van der Waals surface area contributed by atoms with Crippen LogP contribution in [0.1, 0.15) is 40.5 Å². The minimum Gasteiger partial charge on any atom is -0.409 e. The fourth-order valence-corrected chi connectivity index (χ4v) is 3.01. The van der Waals surface area contributed by atoms with Crippen molar-refractivity contribution in [2.75, 3.05) is 13.2 Å². The first kappa shape index (κ1) is 11.4. The maximum Gasteiger partial charge on any atom is 0.460 e. The predicted molar refractivity (Wildman–Crippen MR) is 59.9 cm³/mol. The van der Waals surface area contributed by atoms with Crippen LogP contribution in [0.25, 0.3) is 0 Å². The van der Waals surface area contributed by atoms with E-state index >= 15 is 0 Å². The zero-order chi connectivity index (χ0) is 11.1. The van der Waals surface area contributed by atoms with Gasteiger partial charge in [-0.1, -0.05) is 0 Å². The van der Waals surface area contributed by atoms with Crippen molar-refractivity contribution in [3.8, 4) is 0 Å². The minimum atomic E-state index is -0.0677. The van der Waals surface area contributed by atoms with E-state index in [0.29, 0.717) is 5.82 Å². The van der Waals surface area contributed by atoms with Gasteiger partial charge in [0.2, 0.25) is 0 Å². The Balaban J connectivity index is 2.05. The standard InChI is InChI=1S/C11H21BO3/c1-10(2)7-9(8-11(3,4)15-10)12-13-5-6-14-12/h9H,5-8H2,1-4H3. The van der Waals surface area contributed by atoms with E-state index in [1.165, 1.54) is 0 Å². The second-order valence-electron chi connectivity index (χ2n) is 5.90. The molecule has 0 aliphatic carbocycles. The summed E-state index contributed by atoms with van der Waals surface area (Å²) in [6, 6.07) is 0. The third-order valence-corrected chi connectivity index (χ3v) is 3.09. The highest BCUT2D eigenvalue weighted by Gasteiger charge is 2.46. The Morgan fingerprint density at radius 3 is 1.87 bits per heavy atom. The summed E-state index contributed by atoms with van der Waals surface area (Å²) in [5.41, 5.74) is -0.135. The molecule has 3 nitrogen and oxygen atoms in total. The van der Waals surface area contributed by atoms with Crippen molar-refractivity contribution in [1.82, 2.24) is 0 Å². The summed E-state index contributed by atoms with van der Waals surface area (Å²) < 4.78 is 17.2. The van der Waals surface area contributed by atoms with E-state index in [1.807, 2.05) is 0 Å². The van der Waals surface area contributed by atoms with Crippen molar-refractivity contribution in [3.05, 3.63) is 0 Å². The van der Waals surface area contributed by atoms with Crippen LogP contribution >= 0.6 is 0 Å². The Morgan fingerprint density at radius 2 is 1.40 bits per heavy atom. The van der Waals surface area contributed by atoms with E-state index in [4.69, 9.17) is 14.0 Å². The molecule has 86 valence electrons. The van der Waals surface area contributed by atoms with Crippen molar-refractivity contribution in [2.24, 2.45) is 0 Å². The predicted octanol–water partition coefficient (Wildman–Crippen LogP) is 2.26. The molecule has 0 aromatic heterocycles. The highest BCUT2D eigenvalue weighted by molar-refractivity contribution is 6.47. The zero-order valence-electron chi connectivity index (χ0n) is 10.2. The van der Waals surface area contributed by atoms with Gasteiger partial charge in [0.25, 0.3) is 0 Å². The van der Waals surface area contributed by atoms with Gasteiger partial charge in [0, 0.05) is 0 Å². The van der Waals surface area contributed by atoms with Crippen molar-refractivity contribution in [1.29, 1.82) is 0 Å². The second-order valence-corrected chi connectivity index (χ2v) is 5.90. The minimum absolute atomic E-state index is 0.00699. The fraction of sp³-hybridized carbons (Fsp3) is 1.00. The smallest absolute Gasteiger partial charge is 0.409 e. The number of hydrogen-bond donors (Lipinski definition) is 0. The molecule has 2 saturated heterocycles. The first-order valence-corrected chi connectivity index (χ1v) is 5.81. The lowest BCUT2D eigenvalue weighted by atomic mass is 9.61. The first-order valence-electron chi connectivity index (χ1n) is 5.81. The topological polar surface area (TPSA) is 27.7 Å². The van der Waals surface area contributed by atoms with Crippen LogP contribution in [0.5, 0.6) is 0 Å².